The van der Waals surface area contributed by atoms with E-state index in [9.17, 15) is 23.3 Å². The summed E-state index contributed by atoms with van der Waals surface area (Å²) in [6.07, 6.45) is -2.24. The van der Waals surface area contributed by atoms with Crippen molar-refractivity contribution in [3.63, 3.8) is 0 Å². The van der Waals surface area contributed by atoms with E-state index in [0.717, 1.165) is 6.20 Å². The van der Waals surface area contributed by atoms with E-state index in [2.05, 4.69) is 4.98 Å². The van der Waals surface area contributed by atoms with Gasteiger partial charge in [-0.1, -0.05) is 0 Å². The normalized spacial score (nSPS) is 10.6. The summed E-state index contributed by atoms with van der Waals surface area (Å²) in [5, 5.41) is 10.2. The molecular weight excluding hydrogens is 201 g/mol. The largest absolute Gasteiger partial charge is 0.400 e. The molecule has 0 saturated carbocycles. The Bertz CT molecular complexity index is 381. The van der Waals surface area contributed by atoms with Gasteiger partial charge in [-0.05, 0) is 16.8 Å². The van der Waals surface area contributed by atoms with Crippen LogP contribution in [-0.4, -0.2) is 9.91 Å². The Labute approximate surface area is 76.5 Å². The Morgan fingerprint density at radius 1 is 1.57 bits per heavy atom. The van der Waals surface area contributed by atoms with Gasteiger partial charge in [-0.15, -0.1) is 0 Å². The van der Waals surface area contributed by atoms with Crippen molar-refractivity contribution in [2.75, 3.05) is 0 Å². The molecule has 14 heavy (non-hydrogen) atoms. The smallest absolute Gasteiger partial charge is 0.358 e. The van der Waals surface area contributed by atoms with Crippen LogP contribution in [0.15, 0.2) is 6.20 Å². The molecule has 0 amide bonds. The van der Waals surface area contributed by atoms with E-state index in [1.165, 1.54) is 6.92 Å². The van der Waals surface area contributed by atoms with Crippen LogP contribution in [0, 0.1) is 22.9 Å². The average molecular weight is 206 g/mol. The Hall–Kier alpha value is -1.66. The highest BCUT2D eigenvalue weighted by Crippen LogP contribution is 2.29. The molecule has 4 nitrogen and oxygen atoms in total. The lowest BCUT2D eigenvalue weighted by Crippen LogP contribution is -2.03. The maximum absolute atomic E-state index is 13.1. The summed E-state index contributed by atoms with van der Waals surface area (Å²) in [6, 6.07) is 0. The van der Waals surface area contributed by atoms with Gasteiger partial charge in [-0.2, -0.15) is 4.39 Å². The molecule has 1 aromatic heterocycles. The van der Waals surface area contributed by atoms with Crippen LogP contribution < -0.4 is 0 Å². The van der Waals surface area contributed by atoms with Gasteiger partial charge < -0.3 is 10.1 Å². The van der Waals surface area contributed by atoms with Crippen LogP contribution >= 0.6 is 0 Å². The van der Waals surface area contributed by atoms with Gasteiger partial charge in [0.05, 0.1) is 5.56 Å². The van der Waals surface area contributed by atoms with E-state index in [1.54, 1.807) is 0 Å². The number of nitrogens with zero attached hydrogens (tertiary/aromatic N) is 2. The minimum atomic E-state index is -3.09. The Kier molecular flexibility index (Phi) is 2.68. The number of hydrogen-bond donors (Lipinski definition) is 0. The second-order valence-corrected chi connectivity index (χ2v) is 2.55. The molecule has 76 valence electrons. The summed E-state index contributed by atoms with van der Waals surface area (Å²) in [6.45, 7) is 1.21. The highest BCUT2D eigenvalue weighted by atomic mass is 19.3. The van der Waals surface area contributed by atoms with Crippen molar-refractivity contribution in [3.05, 3.63) is 33.3 Å². The van der Waals surface area contributed by atoms with Crippen LogP contribution in [0.2, 0.25) is 0 Å². The third-order valence-electron chi connectivity index (χ3n) is 1.63. The number of rotatable bonds is 2. The lowest BCUT2D eigenvalue weighted by atomic mass is 10.1. The van der Waals surface area contributed by atoms with Crippen molar-refractivity contribution in [2.24, 2.45) is 0 Å². The summed E-state index contributed by atoms with van der Waals surface area (Å²) in [5.74, 6) is -2.74. The topological polar surface area (TPSA) is 56.0 Å². The zero-order valence-corrected chi connectivity index (χ0v) is 7.00. The third-order valence-corrected chi connectivity index (χ3v) is 1.63. The number of halogens is 3. The molecule has 0 aliphatic carbocycles. The molecule has 7 heteroatoms. The van der Waals surface area contributed by atoms with Crippen molar-refractivity contribution >= 4 is 5.82 Å². The molecule has 0 aliphatic rings. The van der Waals surface area contributed by atoms with Gasteiger partial charge in [0.15, 0.2) is 0 Å². The maximum atomic E-state index is 13.1. The van der Waals surface area contributed by atoms with E-state index in [0.29, 0.717) is 0 Å². The molecule has 0 aromatic carbocycles. The van der Waals surface area contributed by atoms with Gasteiger partial charge in [0.25, 0.3) is 6.43 Å². The minimum absolute atomic E-state index is 0.108. The summed E-state index contributed by atoms with van der Waals surface area (Å²) < 4.78 is 37.5. The van der Waals surface area contributed by atoms with Crippen LogP contribution in [0.3, 0.4) is 0 Å². The van der Waals surface area contributed by atoms with Gasteiger partial charge >= 0.3 is 5.82 Å². The van der Waals surface area contributed by atoms with E-state index in [4.69, 9.17) is 0 Å². The van der Waals surface area contributed by atoms with Crippen LogP contribution in [0.5, 0.6) is 0 Å². The molecule has 0 atom stereocenters. The van der Waals surface area contributed by atoms with E-state index in [1.807, 2.05) is 0 Å². The van der Waals surface area contributed by atoms with Gasteiger partial charge in [0.1, 0.15) is 6.20 Å². The lowest BCUT2D eigenvalue weighted by Gasteiger charge is -2.03. The molecule has 0 unspecified atom stereocenters. The second-order valence-electron chi connectivity index (χ2n) is 2.55. The number of hydrogen-bond acceptors (Lipinski definition) is 3. The summed E-state index contributed by atoms with van der Waals surface area (Å²) in [5.41, 5.74) is -1.07. The zero-order valence-electron chi connectivity index (χ0n) is 7.00. The van der Waals surface area contributed by atoms with E-state index in [-0.39, 0.29) is 5.56 Å². The summed E-state index contributed by atoms with van der Waals surface area (Å²) in [7, 11) is 0. The van der Waals surface area contributed by atoms with Gasteiger partial charge in [0.2, 0.25) is 5.82 Å². The standard InChI is InChI=1S/C7H5F3N2O2/c1-3-2-11-7(12(13)14)5(8)4(3)6(9)10/h2,6H,1H3. The van der Waals surface area contributed by atoms with Crippen LogP contribution in [0.4, 0.5) is 19.0 Å². The Balaban J connectivity index is 3.41. The lowest BCUT2D eigenvalue weighted by molar-refractivity contribution is -0.392. The van der Waals surface area contributed by atoms with Crippen LogP contribution in [0.25, 0.3) is 0 Å². The number of pyridine rings is 1. The van der Waals surface area contributed by atoms with Crippen molar-refractivity contribution in [3.8, 4) is 0 Å². The summed E-state index contributed by atoms with van der Waals surface area (Å²) >= 11 is 0. The monoisotopic (exact) mass is 206 g/mol. The average Bonchev–Trinajstić information content (AvgIpc) is 2.02. The molecule has 0 aliphatic heterocycles. The van der Waals surface area contributed by atoms with Crippen LogP contribution in [-0.2, 0) is 0 Å². The number of nitro groups is 1. The fraction of sp³-hybridized carbons (Fsp3) is 0.286. The SMILES string of the molecule is Cc1cnc([N+](=O)[O-])c(F)c1C(F)F. The van der Waals surface area contributed by atoms with Gasteiger partial charge in [0, 0.05) is 5.56 Å². The van der Waals surface area contributed by atoms with Crippen molar-refractivity contribution in [2.45, 2.75) is 13.3 Å². The Morgan fingerprint density at radius 3 is 2.57 bits per heavy atom. The first-order valence-corrected chi connectivity index (χ1v) is 3.52. The van der Waals surface area contributed by atoms with Crippen molar-refractivity contribution in [1.82, 2.24) is 4.98 Å². The van der Waals surface area contributed by atoms with E-state index < -0.39 is 28.5 Å². The molecule has 1 aromatic rings. The number of aryl methyl sites for hydroxylation is 1. The van der Waals surface area contributed by atoms with Gasteiger partial charge in [-0.3, -0.25) is 0 Å². The molecule has 0 N–H and O–H groups in total. The molecule has 0 bridgehead atoms. The highest BCUT2D eigenvalue weighted by molar-refractivity contribution is 5.35. The minimum Gasteiger partial charge on any atom is -0.358 e. The summed E-state index contributed by atoms with van der Waals surface area (Å²) in [4.78, 5) is 12.1. The molecule has 0 fully saturated rings. The second kappa shape index (κ2) is 3.60. The maximum Gasteiger partial charge on any atom is 0.400 e. The third kappa shape index (κ3) is 1.66. The highest BCUT2D eigenvalue weighted by Gasteiger charge is 2.26. The van der Waals surface area contributed by atoms with Gasteiger partial charge in [-0.25, -0.2) is 8.78 Å². The molecular formula is C7H5F3N2O2. The molecule has 0 saturated heterocycles. The number of aromatic nitrogens is 1. The van der Waals surface area contributed by atoms with Crippen molar-refractivity contribution in [1.29, 1.82) is 0 Å². The van der Waals surface area contributed by atoms with E-state index >= 15 is 0 Å². The number of alkyl halides is 2. The molecule has 0 spiro atoms. The van der Waals surface area contributed by atoms with Crippen LogP contribution in [0.1, 0.15) is 17.6 Å². The molecule has 1 rings (SSSR count). The predicted octanol–water partition coefficient (Wildman–Crippen LogP) is 2.37. The fourth-order valence-electron chi connectivity index (χ4n) is 0.973. The first-order valence-electron chi connectivity index (χ1n) is 3.52. The molecule has 0 radical (unpaired) electrons. The first-order chi connectivity index (χ1) is 6.45. The molecule has 1 heterocycles. The Morgan fingerprint density at radius 2 is 2.14 bits per heavy atom. The first kappa shape index (κ1) is 10.4. The fourth-order valence-corrected chi connectivity index (χ4v) is 0.973. The quantitative estimate of drug-likeness (QED) is 0.551. The van der Waals surface area contributed by atoms with Crippen molar-refractivity contribution < 1.29 is 18.1 Å². The predicted molar refractivity (Wildman–Crippen MR) is 40.5 cm³/mol. The zero-order chi connectivity index (χ0) is 10.9.